The van der Waals surface area contributed by atoms with Gasteiger partial charge in [0.2, 0.25) is 0 Å². The van der Waals surface area contributed by atoms with Crippen molar-refractivity contribution in [3.05, 3.63) is 0 Å². The Morgan fingerprint density at radius 3 is 0.694 bits per heavy atom. The fraction of sp³-hybridized carbons (Fsp3) is 0.949. The molecule has 0 fully saturated rings. The molecule has 0 rings (SSSR count). The van der Waals surface area contributed by atoms with Gasteiger partial charge in [0, 0.05) is 25.7 Å². The van der Waals surface area contributed by atoms with E-state index in [1.807, 2.05) is 0 Å². The molecule has 0 aliphatic heterocycles. The van der Waals surface area contributed by atoms with Crippen LogP contribution in [0.2, 0.25) is 0 Å². The van der Waals surface area contributed by atoms with Crippen molar-refractivity contribution in [3.8, 4) is 0 Å². The highest BCUT2D eigenvalue weighted by Gasteiger charge is 2.30. The van der Waals surface area contributed by atoms with E-state index in [0.717, 1.165) is 95.8 Å². The number of aliphatic hydroxyl groups excluding tert-OH is 1. The van der Waals surface area contributed by atoms with E-state index in [0.29, 0.717) is 25.7 Å². The number of carbonyl (C=O) groups is 4. The molecular weight excluding hydrogens is 1280 g/mol. The Balaban J connectivity index is 5.25. The van der Waals surface area contributed by atoms with Crippen molar-refractivity contribution < 1.29 is 80.2 Å². The minimum atomic E-state index is -4.96. The highest BCUT2D eigenvalue weighted by molar-refractivity contribution is 7.47. The zero-order chi connectivity index (χ0) is 71.9. The van der Waals surface area contributed by atoms with E-state index >= 15 is 0 Å². The first-order valence-electron chi connectivity index (χ1n) is 41.1. The monoisotopic (exact) mass is 1440 g/mol. The highest BCUT2D eigenvalue weighted by Crippen LogP contribution is 2.45. The topological polar surface area (TPSA) is 237 Å². The third-order valence-corrected chi connectivity index (χ3v) is 20.4. The van der Waals surface area contributed by atoms with E-state index in [-0.39, 0.29) is 25.7 Å². The smallest absolute Gasteiger partial charge is 0.462 e. The van der Waals surface area contributed by atoms with Crippen LogP contribution in [0.25, 0.3) is 0 Å². The average Bonchev–Trinajstić information content (AvgIpc) is 1.07. The van der Waals surface area contributed by atoms with Crippen molar-refractivity contribution in [2.75, 3.05) is 39.6 Å². The molecule has 582 valence electrons. The minimum absolute atomic E-state index is 0.108. The van der Waals surface area contributed by atoms with Crippen LogP contribution in [0.5, 0.6) is 0 Å². The number of carbonyl (C=O) groups excluding carboxylic acids is 4. The van der Waals surface area contributed by atoms with Gasteiger partial charge in [0.1, 0.15) is 19.3 Å². The second-order valence-corrected chi connectivity index (χ2v) is 31.8. The lowest BCUT2D eigenvalue weighted by Gasteiger charge is -2.21. The van der Waals surface area contributed by atoms with Gasteiger partial charge in [-0.1, -0.05) is 369 Å². The van der Waals surface area contributed by atoms with Crippen LogP contribution < -0.4 is 0 Å². The Bertz CT molecular complexity index is 1870. The molecule has 0 aromatic carbocycles. The van der Waals surface area contributed by atoms with Crippen molar-refractivity contribution in [2.24, 2.45) is 5.92 Å². The van der Waals surface area contributed by atoms with Gasteiger partial charge in [-0.15, -0.1) is 0 Å². The fourth-order valence-corrected chi connectivity index (χ4v) is 13.8. The van der Waals surface area contributed by atoms with Crippen LogP contribution in [0.3, 0.4) is 0 Å². The normalized spacial score (nSPS) is 13.9. The van der Waals surface area contributed by atoms with Gasteiger partial charge in [0.25, 0.3) is 0 Å². The Morgan fingerprint density at radius 1 is 0.276 bits per heavy atom. The number of esters is 4. The number of unbranched alkanes of at least 4 members (excludes halogenated alkanes) is 51. The lowest BCUT2D eigenvalue weighted by molar-refractivity contribution is -0.161. The van der Waals surface area contributed by atoms with Crippen LogP contribution in [0.1, 0.15) is 420 Å². The van der Waals surface area contributed by atoms with Gasteiger partial charge in [-0.2, -0.15) is 0 Å². The van der Waals surface area contributed by atoms with Gasteiger partial charge < -0.3 is 33.8 Å². The molecule has 17 nitrogen and oxygen atoms in total. The number of hydrogen-bond acceptors (Lipinski definition) is 15. The summed E-state index contributed by atoms with van der Waals surface area (Å²) in [5, 5.41) is 10.6. The Labute approximate surface area is 600 Å². The summed E-state index contributed by atoms with van der Waals surface area (Å²) in [6, 6.07) is 0. The first-order chi connectivity index (χ1) is 47.5. The molecule has 5 atom stereocenters. The maximum absolute atomic E-state index is 13.1. The van der Waals surface area contributed by atoms with Crippen molar-refractivity contribution >= 4 is 39.5 Å². The largest absolute Gasteiger partial charge is 0.472 e. The molecule has 3 N–H and O–H groups in total. The van der Waals surface area contributed by atoms with E-state index < -0.39 is 97.5 Å². The number of rotatable bonds is 79. The molecule has 0 heterocycles. The summed E-state index contributed by atoms with van der Waals surface area (Å²) in [6.07, 6.45) is 62.2. The summed E-state index contributed by atoms with van der Waals surface area (Å²) in [4.78, 5) is 73.0. The van der Waals surface area contributed by atoms with Gasteiger partial charge in [-0.25, -0.2) is 9.13 Å². The zero-order valence-corrected chi connectivity index (χ0v) is 65.7. The predicted octanol–water partition coefficient (Wildman–Crippen LogP) is 23.6. The lowest BCUT2D eigenvalue weighted by atomic mass is 10.0. The van der Waals surface area contributed by atoms with Gasteiger partial charge in [0.05, 0.1) is 26.4 Å². The molecule has 0 amide bonds. The van der Waals surface area contributed by atoms with Gasteiger partial charge in [-0.3, -0.25) is 37.3 Å². The molecule has 0 bridgehead atoms. The summed E-state index contributed by atoms with van der Waals surface area (Å²) >= 11 is 0. The van der Waals surface area contributed by atoms with Crippen LogP contribution in [-0.4, -0.2) is 96.7 Å². The Kier molecular flexibility index (Phi) is 70.6. The summed E-state index contributed by atoms with van der Waals surface area (Å²) in [6.45, 7) is 7.35. The fourth-order valence-electron chi connectivity index (χ4n) is 12.2. The van der Waals surface area contributed by atoms with E-state index in [2.05, 4.69) is 34.6 Å². The number of hydrogen-bond donors (Lipinski definition) is 3. The molecule has 0 radical (unpaired) electrons. The number of aliphatic hydroxyl groups is 1. The minimum Gasteiger partial charge on any atom is -0.462 e. The number of phosphoric acid groups is 2. The van der Waals surface area contributed by atoms with Crippen LogP contribution >= 0.6 is 15.6 Å². The van der Waals surface area contributed by atoms with Crippen molar-refractivity contribution in [2.45, 2.75) is 438 Å². The lowest BCUT2D eigenvalue weighted by Crippen LogP contribution is -2.30. The van der Waals surface area contributed by atoms with Crippen molar-refractivity contribution in [1.82, 2.24) is 0 Å². The summed E-state index contributed by atoms with van der Waals surface area (Å²) < 4.78 is 68.7. The van der Waals surface area contributed by atoms with E-state index in [9.17, 15) is 43.2 Å². The quantitative estimate of drug-likeness (QED) is 0.0222. The van der Waals surface area contributed by atoms with Gasteiger partial charge in [-0.05, 0) is 31.6 Å². The average molecular weight is 1440 g/mol. The summed E-state index contributed by atoms with van der Waals surface area (Å²) in [7, 11) is -9.92. The molecule has 0 aliphatic rings. The van der Waals surface area contributed by atoms with Crippen LogP contribution in [0, 0.1) is 5.92 Å². The summed E-state index contributed by atoms with van der Waals surface area (Å²) in [5.74, 6) is -1.30. The Morgan fingerprint density at radius 2 is 0.469 bits per heavy atom. The van der Waals surface area contributed by atoms with E-state index in [1.165, 1.54) is 244 Å². The molecule has 2 unspecified atom stereocenters. The zero-order valence-electron chi connectivity index (χ0n) is 63.9. The maximum Gasteiger partial charge on any atom is 0.472 e. The van der Waals surface area contributed by atoms with Crippen molar-refractivity contribution in [3.63, 3.8) is 0 Å². The molecule has 0 aromatic rings. The maximum atomic E-state index is 13.1. The van der Waals surface area contributed by atoms with E-state index in [1.54, 1.807) is 0 Å². The van der Waals surface area contributed by atoms with Crippen LogP contribution in [0.15, 0.2) is 0 Å². The van der Waals surface area contributed by atoms with Crippen LogP contribution in [-0.2, 0) is 65.4 Å². The number of phosphoric ester groups is 2. The molecule has 19 heteroatoms. The highest BCUT2D eigenvalue weighted by atomic mass is 31.2. The predicted molar refractivity (Wildman–Crippen MR) is 400 cm³/mol. The van der Waals surface area contributed by atoms with Crippen LogP contribution in [0.4, 0.5) is 0 Å². The molecule has 0 aromatic heterocycles. The second-order valence-electron chi connectivity index (χ2n) is 28.9. The molecule has 0 spiro atoms. The molecule has 0 saturated heterocycles. The first kappa shape index (κ1) is 96.1. The standard InChI is InChI=1S/C79H154O17P2/c1-6-9-12-15-18-21-24-27-34-38-43-48-53-58-63-77(82)90-69-75(96-79(84)65-60-55-50-45-40-35-30-28-29-33-36-41-46-51-56-61-72(4)5)71-94-98(87,88)92-67-73(80)66-91-97(85,86)93-70-74(95-78(83)64-59-54-49-44-39-32-26-23-20-17-14-11-8-3)68-89-76(81)62-57-52-47-42-37-31-25-22-19-16-13-10-7-2/h72-75,80H,6-71H2,1-5H3,(H,85,86)(H,87,88)/t73-,74+,75+/m0/s1. The second kappa shape index (κ2) is 72.0. The Hall–Kier alpha value is -1.94. The van der Waals surface area contributed by atoms with E-state index in [4.69, 9.17) is 37.0 Å². The summed E-state index contributed by atoms with van der Waals surface area (Å²) in [5.41, 5.74) is 0. The molecular formula is C79H154O17P2. The SMILES string of the molecule is CCCCCCCCCCCCCCCCC(=O)OC[C@H](COP(=O)(O)OC[C@@H](O)COP(=O)(O)OC[C@@H](COC(=O)CCCCCCCCCCCCCCC)OC(=O)CCCCCCCCCCCCCCC)OC(=O)CCCCCCCCCCCCCCCCCC(C)C. The number of ether oxygens (including phenoxy) is 4. The van der Waals surface area contributed by atoms with Gasteiger partial charge >= 0.3 is 39.5 Å². The first-order valence-corrected chi connectivity index (χ1v) is 44.1. The molecule has 0 saturated carbocycles. The van der Waals surface area contributed by atoms with Crippen molar-refractivity contribution in [1.29, 1.82) is 0 Å². The molecule has 0 aliphatic carbocycles. The molecule has 98 heavy (non-hydrogen) atoms. The van der Waals surface area contributed by atoms with Gasteiger partial charge in [0.15, 0.2) is 12.2 Å². The third kappa shape index (κ3) is 72.4. The third-order valence-electron chi connectivity index (χ3n) is 18.5.